The van der Waals surface area contributed by atoms with Crippen LogP contribution in [-0.4, -0.2) is 25.0 Å². The molecule has 0 radical (unpaired) electrons. The second kappa shape index (κ2) is 8.31. The molecular formula is C17H16ClFN2O3. The molecule has 24 heavy (non-hydrogen) atoms. The average Bonchev–Trinajstić information content (AvgIpc) is 2.57. The normalized spacial score (nSPS) is 10.2. The monoisotopic (exact) mass is 350 g/mol. The number of hydrogen-bond acceptors (Lipinski definition) is 4. The minimum Gasteiger partial charge on any atom is -0.452 e. The quantitative estimate of drug-likeness (QED) is 0.619. The summed E-state index contributed by atoms with van der Waals surface area (Å²) in [5.74, 6) is -1.47. The zero-order chi connectivity index (χ0) is 17.5. The lowest BCUT2D eigenvalue weighted by Crippen LogP contribution is -2.30. The van der Waals surface area contributed by atoms with Crippen LogP contribution in [0.15, 0.2) is 42.5 Å². The molecule has 0 atom stereocenters. The highest BCUT2D eigenvalue weighted by atomic mass is 35.5. The smallest absolute Gasteiger partial charge is 0.338 e. The van der Waals surface area contributed by atoms with Crippen molar-refractivity contribution < 1.29 is 18.7 Å². The van der Waals surface area contributed by atoms with Crippen LogP contribution < -0.4 is 11.1 Å². The third-order valence-electron chi connectivity index (χ3n) is 3.24. The summed E-state index contributed by atoms with van der Waals surface area (Å²) < 4.78 is 18.3. The Kier molecular flexibility index (Phi) is 6.14. The Morgan fingerprint density at radius 1 is 1.21 bits per heavy atom. The summed E-state index contributed by atoms with van der Waals surface area (Å²) in [6.45, 7) is -0.191. The molecule has 0 bridgehead atoms. The molecular weight excluding hydrogens is 335 g/mol. The molecule has 126 valence electrons. The molecule has 0 spiro atoms. The van der Waals surface area contributed by atoms with Crippen molar-refractivity contribution in [1.29, 1.82) is 0 Å². The van der Waals surface area contributed by atoms with Gasteiger partial charge in [0.25, 0.3) is 5.91 Å². The number of ether oxygens (including phenoxy) is 1. The van der Waals surface area contributed by atoms with E-state index in [4.69, 9.17) is 22.1 Å². The lowest BCUT2D eigenvalue weighted by Gasteiger charge is -2.08. The molecule has 0 saturated carbocycles. The maximum Gasteiger partial charge on any atom is 0.338 e. The van der Waals surface area contributed by atoms with Crippen LogP contribution in [0.2, 0.25) is 5.02 Å². The van der Waals surface area contributed by atoms with Gasteiger partial charge in [0.1, 0.15) is 5.82 Å². The van der Waals surface area contributed by atoms with E-state index in [2.05, 4.69) is 5.32 Å². The fourth-order valence-electron chi connectivity index (χ4n) is 1.97. The minimum atomic E-state index is -0.678. The molecule has 2 rings (SSSR count). The zero-order valence-corrected chi connectivity index (χ0v) is 13.5. The Balaban J connectivity index is 1.75. The Morgan fingerprint density at radius 2 is 1.96 bits per heavy atom. The first-order valence-electron chi connectivity index (χ1n) is 7.19. The molecule has 5 nitrogen and oxygen atoms in total. The van der Waals surface area contributed by atoms with Gasteiger partial charge in [-0.3, -0.25) is 4.79 Å². The van der Waals surface area contributed by atoms with Crippen molar-refractivity contribution >= 4 is 29.2 Å². The molecule has 0 heterocycles. The van der Waals surface area contributed by atoms with E-state index in [1.54, 1.807) is 18.2 Å². The van der Waals surface area contributed by atoms with Crippen LogP contribution in [0, 0.1) is 5.82 Å². The third kappa shape index (κ3) is 4.96. The Hall–Kier alpha value is -2.60. The van der Waals surface area contributed by atoms with E-state index in [-0.39, 0.29) is 23.6 Å². The number of carbonyl (C=O) groups is 2. The highest BCUT2D eigenvalue weighted by molar-refractivity contribution is 6.33. The van der Waals surface area contributed by atoms with E-state index < -0.39 is 18.5 Å². The van der Waals surface area contributed by atoms with Gasteiger partial charge in [0.2, 0.25) is 0 Å². The molecule has 2 aromatic carbocycles. The highest BCUT2D eigenvalue weighted by Gasteiger charge is 2.11. The summed E-state index contributed by atoms with van der Waals surface area (Å²) >= 11 is 5.76. The lowest BCUT2D eigenvalue weighted by molar-refractivity contribution is -0.124. The van der Waals surface area contributed by atoms with E-state index in [0.29, 0.717) is 17.0 Å². The number of rotatable bonds is 6. The summed E-state index contributed by atoms with van der Waals surface area (Å²) in [7, 11) is 0. The standard InChI is InChI=1S/C17H16ClFN2O3/c18-13-6-5-12(9-15(13)20)17(23)24-10-16(22)21-8-7-11-3-1-2-4-14(11)19/h1-6,9H,7-8,10,20H2,(H,21,22). The Labute approximate surface area is 143 Å². The minimum absolute atomic E-state index is 0.205. The van der Waals surface area contributed by atoms with Gasteiger partial charge in [0, 0.05) is 6.54 Å². The summed E-state index contributed by atoms with van der Waals surface area (Å²) in [6.07, 6.45) is 0.347. The first-order valence-corrected chi connectivity index (χ1v) is 7.57. The molecule has 0 aliphatic carbocycles. The molecule has 0 fully saturated rings. The molecule has 3 N–H and O–H groups in total. The summed E-state index contributed by atoms with van der Waals surface area (Å²) in [5, 5.41) is 2.89. The van der Waals surface area contributed by atoms with Crippen molar-refractivity contribution in [1.82, 2.24) is 5.32 Å². The van der Waals surface area contributed by atoms with Crippen molar-refractivity contribution in [3.8, 4) is 0 Å². The molecule has 0 aliphatic heterocycles. The van der Waals surface area contributed by atoms with Gasteiger partial charge in [-0.25, -0.2) is 9.18 Å². The van der Waals surface area contributed by atoms with E-state index in [1.807, 2.05) is 0 Å². The van der Waals surface area contributed by atoms with E-state index in [0.717, 1.165) is 0 Å². The summed E-state index contributed by atoms with van der Waals surface area (Å²) in [6, 6.07) is 10.6. The van der Waals surface area contributed by atoms with Crippen molar-refractivity contribution in [3.05, 3.63) is 64.4 Å². The first-order chi connectivity index (χ1) is 11.5. The van der Waals surface area contributed by atoms with Crippen LogP contribution in [0.25, 0.3) is 0 Å². The molecule has 0 unspecified atom stereocenters. The van der Waals surface area contributed by atoms with Crippen molar-refractivity contribution in [2.75, 3.05) is 18.9 Å². The maximum absolute atomic E-state index is 13.4. The second-order valence-electron chi connectivity index (χ2n) is 5.00. The SMILES string of the molecule is Nc1cc(C(=O)OCC(=O)NCCc2ccccc2F)ccc1Cl. The first kappa shape index (κ1) is 17.7. The van der Waals surface area contributed by atoms with Gasteiger partial charge >= 0.3 is 5.97 Å². The second-order valence-corrected chi connectivity index (χ2v) is 5.41. The fourth-order valence-corrected chi connectivity index (χ4v) is 2.09. The molecule has 0 aliphatic rings. The van der Waals surface area contributed by atoms with Crippen LogP contribution >= 0.6 is 11.6 Å². The summed E-state index contributed by atoms with van der Waals surface area (Å²) in [4.78, 5) is 23.4. The molecule has 0 saturated heterocycles. The predicted molar refractivity (Wildman–Crippen MR) is 89.3 cm³/mol. The number of benzene rings is 2. The van der Waals surface area contributed by atoms with Gasteiger partial charge in [-0.15, -0.1) is 0 Å². The fraction of sp³-hybridized carbons (Fsp3) is 0.176. The van der Waals surface area contributed by atoms with Crippen LogP contribution in [0.5, 0.6) is 0 Å². The largest absolute Gasteiger partial charge is 0.452 e. The van der Waals surface area contributed by atoms with E-state index in [9.17, 15) is 14.0 Å². The van der Waals surface area contributed by atoms with Gasteiger partial charge in [0.05, 0.1) is 16.3 Å². The van der Waals surface area contributed by atoms with Gasteiger partial charge in [-0.2, -0.15) is 0 Å². The van der Waals surface area contributed by atoms with E-state index >= 15 is 0 Å². The third-order valence-corrected chi connectivity index (χ3v) is 3.58. The van der Waals surface area contributed by atoms with Crippen LogP contribution in [0.3, 0.4) is 0 Å². The molecule has 1 amide bonds. The van der Waals surface area contributed by atoms with Gasteiger partial charge in [0.15, 0.2) is 6.61 Å². The molecule has 2 aromatic rings. The maximum atomic E-state index is 13.4. The van der Waals surface area contributed by atoms with Crippen molar-refractivity contribution in [2.45, 2.75) is 6.42 Å². The lowest BCUT2D eigenvalue weighted by atomic mass is 10.1. The van der Waals surface area contributed by atoms with Crippen LogP contribution in [-0.2, 0) is 16.0 Å². The number of hydrogen-bond donors (Lipinski definition) is 2. The van der Waals surface area contributed by atoms with E-state index in [1.165, 1.54) is 24.3 Å². The Bertz CT molecular complexity index is 752. The topological polar surface area (TPSA) is 81.4 Å². The number of nitrogens with one attached hydrogen (secondary N) is 1. The number of amides is 1. The van der Waals surface area contributed by atoms with Gasteiger partial charge in [-0.1, -0.05) is 29.8 Å². The van der Waals surface area contributed by atoms with Gasteiger partial charge < -0.3 is 15.8 Å². The Morgan fingerprint density at radius 3 is 2.67 bits per heavy atom. The number of esters is 1. The van der Waals surface area contributed by atoms with Crippen molar-refractivity contribution in [3.63, 3.8) is 0 Å². The van der Waals surface area contributed by atoms with Crippen molar-refractivity contribution in [2.24, 2.45) is 0 Å². The number of nitrogen functional groups attached to an aromatic ring is 1. The highest BCUT2D eigenvalue weighted by Crippen LogP contribution is 2.19. The average molecular weight is 351 g/mol. The van der Waals surface area contributed by atoms with Crippen LogP contribution in [0.1, 0.15) is 15.9 Å². The summed E-state index contributed by atoms with van der Waals surface area (Å²) in [5.41, 5.74) is 6.56. The molecule has 0 aromatic heterocycles. The number of carbonyl (C=O) groups excluding carboxylic acids is 2. The van der Waals surface area contributed by atoms with Gasteiger partial charge in [-0.05, 0) is 36.2 Å². The number of anilines is 1. The van der Waals surface area contributed by atoms with Crippen LogP contribution in [0.4, 0.5) is 10.1 Å². The predicted octanol–water partition coefficient (Wildman–Crippen LogP) is 2.58. The zero-order valence-electron chi connectivity index (χ0n) is 12.7. The number of halogens is 2. The molecule has 7 heteroatoms. The number of nitrogens with two attached hydrogens (primary N) is 1.